The van der Waals surface area contributed by atoms with Crippen molar-refractivity contribution in [2.45, 2.75) is 265 Å². The van der Waals surface area contributed by atoms with E-state index in [9.17, 15) is 34.5 Å². The SMILES string of the molecule is C.CCOC(=O)CC(C(=O)OCC)N(C)C1CCC(CC2CCC(N(CC(O)COCCC[Si](C)(C)O[Si](C)(C)O[Si](OC(O)NC(C)COCC(C)N)(O[Si](C)(C)CCCOCC(O)CNC(C)COCC(C)N)c3ccccc3)C(CC(=O)OCC)C(=O)OCC)CC2)CC1.[W].[Y]. The third-order valence-corrected chi connectivity index (χ3v) is 32.4. The second kappa shape index (κ2) is 52.2. The van der Waals surface area contributed by atoms with Crippen LogP contribution in [-0.4, -0.2) is 249 Å². The average molecular weight is 1720 g/mol. The zero-order valence-corrected chi connectivity index (χ0v) is 72.1. The van der Waals surface area contributed by atoms with Gasteiger partial charge < -0.3 is 86.8 Å². The van der Waals surface area contributed by atoms with Crippen molar-refractivity contribution >= 4 is 63.1 Å². The molecule has 0 bridgehead atoms. The van der Waals surface area contributed by atoms with Crippen LogP contribution in [0.2, 0.25) is 51.4 Å². The molecule has 9 N–H and O–H groups in total. The van der Waals surface area contributed by atoms with E-state index in [-0.39, 0.29) is 163 Å². The molecular weight excluding hydrogens is 1590 g/mol. The number of nitrogens with zero attached hydrogens (tertiary/aromatic N) is 2. The molecule has 2 aliphatic carbocycles. The van der Waals surface area contributed by atoms with E-state index in [1.807, 2.05) is 88.0 Å². The number of hydrogen-bond donors (Lipinski definition) is 7. The Morgan fingerprint density at radius 2 is 1.04 bits per heavy atom. The van der Waals surface area contributed by atoms with E-state index in [0.29, 0.717) is 81.5 Å². The van der Waals surface area contributed by atoms with Gasteiger partial charge in [0.25, 0.3) is 0 Å². The zero-order valence-electron chi connectivity index (χ0n) is 62.3. The predicted octanol–water partition coefficient (Wildman–Crippen LogP) is 6.65. The van der Waals surface area contributed by atoms with E-state index in [1.165, 1.54) is 0 Å². The summed E-state index contributed by atoms with van der Waals surface area (Å²) in [6.07, 6.45) is 6.08. The summed E-state index contributed by atoms with van der Waals surface area (Å²) < 4.78 is 73.6. The van der Waals surface area contributed by atoms with Crippen LogP contribution in [0.1, 0.15) is 146 Å². The van der Waals surface area contributed by atoms with Crippen molar-refractivity contribution in [3.63, 3.8) is 0 Å². The van der Waals surface area contributed by atoms with Crippen molar-refractivity contribution in [1.29, 1.82) is 0 Å². The van der Waals surface area contributed by atoms with Crippen LogP contribution < -0.4 is 27.3 Å². The summed E-state index contributed by atoms with van der Waals surface area (Å²) in [6.45, 7) is 30.7. The Balaban J connectivity index is 0.0000320. The Labute approximate surface area is 639 Å². The molecule has 575 valence electrons. The molecule has 10 atom stereocenters. The Bertz CT molecular complexity index is 2310. The molecule has 0 heterocycles. The molecule has 1 aromatic rings. The van der Waals surface area contributed by atoms with Gasteiger partial charge in [-0.3, -0.25) is 34.3 Å². The Hall–Kier alpha value is -0.920. The molecule has 2 saturated carbocycles. The summed E-state index contributed by atoms with van der Waals surface area (Å²) >= 11 is 0. The number of nitrogens with one attached hydrogen (secondary N) is 2. The van der Waals surface area contributed by atoms with E-state index in [4.69, 9.17) is 66.1 Å². The smallest absolute Gasteiger partial charge is 0.466 e. The van der Waals surface area contributed by atoms with Crippen LogP contribution in [-0.2, 0) is 128 Å². The molecular formula is C68H134N6O19Si4WY. The fourth-order valence-corrected chi connectivity index (χ4v) is 30.0. The second-order valence-electron chi connectivity index (χ2n) is 28.2. The average Bonchev–Trinajstić information content (AvgIpc) is 0.776. The van der Waals surface area contributed by atoms with Gasteiger partial charge in [0.15, 0.2) is 16.6 Å². The number of rotatable bonds is 52. The van der Waals surface area contributed by atoms with Gasteiger partial charge in [0.05, 0.1) is 91.1 Å². The van der Waals surface area contributed by atoms with Crippen molar-refractivity contribution in [2.24, 2.45) is 23.3 Å². The van der Waals surface area contributed by atoms with Gasteiger partial charge in [-0.1, -0.05) is 37.8 Å². The molecule has 25 nitrogen and oxygen atoms in total. The van der Waals surface area contributed by atoms with Crippen molar-refractivity contribution in [2.75, 3.05) is 99.4 Å². The van der Waals surface area contributed by atoms with Gasteiger partial charge in [-0.05, 0) is 196 Å². The maximum absolute atomic E-state index is 13.8. The van der Waals surface area contributed by atoms with Crippen LogP contribution in [0.5, 0.6) is 0 Å². The topological polar surface area (TPSA) is 322 Å². The molecule has 31 heteroatoms. The molecule has 2 aliphatic rings. The first-order valence-electron chi connectivity index (χ1n) is 35.7. The molecule has 0 amide bonds. The normalized spacial score (nSPS) is 20.3. The van der Waals surface area contributed by atoms with E-state index in [2.05, 4.69) is 36.8 Å². The molecule has 10 unspecified atom stereocenters. The fourth-order valence-electron chi connectivity index (χ4n) is 12.8. The Kier molecular flexibility index (Phi) is 51.7. The molecule has 1 radical (unpaired) electrons. The Morgan fingerprint density at radius 1 is 0.586 bits per heavy atom. The maximum Gasteiger partial charge on any atom is 0.520 e. The van der Waals surface area contributed by atoms with Crippen molar-refractivity contribution in [1.82, 2.24) is 20.4 Å². The molecule has 2 fully saturated rings. The molecule has 0 aliphatic heterocycles. The van der Waals surface area contributed by atoms with Crippen LogP contribution in [0.4, 0.5) is 0 Å². The number of likely N-dealkylation sites (N-methyl/N-ethyl adjacent to an activating group) is 1. The van der Waals surface area contributed by atoms with E-state index >= 15 is 0 Å². The van der Waals surface area contributed by atoms with E-state index < -0.39 is 88.6 Å². The molecule has 0 spiro atoms. The largest absolute Gasteiger partial charge is 0.520 e. The van der Waals surface area contributed by atoms with Crippen LogP contribution in [0.3, 0.4) is 0 Å². The Morgan fingerprint density at radius 3 is 1.54 bits per heavy atom. The molecule has 0 saturated heterocycles. The summed E-state index contributed by atoms with van der Waals surface area (Å²) in [5, 5.41) is 41.3. The first-order chi connectivity index (χ1) is 45.4. The summed E-state index contributed by atoms with van der Waals surface area (Å²) in [6, 6.07) is 8.72. The molecule has 0 aromatic heterocycles. The van der Waals surface area contributed by atoms with Gasteiger partial charge in [0, 0.05) is 122 Å². The zero-order chi connectivity index (χ0) is 71.5. The number of nitrogens with two attached hydrogens (primary N) is 2. The van der Waals surface area contributed by atoms with Crippen molar-refractivity contribution in [3.8, 4) is 0 Å². The van der Waals surface area contributed by atoms with Crippen LogP contribution in [0.15, 0.2) is 30.3 Å². The quantitative estimate of drug-likeness (QED) is 0.0118. The minimum absolute atomic E-state index is 0. The van der Waals surface area contributed by atoms with Gasteiger partial charge in [-0.2, -0.15) is 0 Å². The van der Waals surface area contributed by atoms with Crippen molar-refractivity contribution < 1.29 is 143 Å². The van der Waals surface area contributed by atoms with Gasteiger partial charge in [0.1, 0.15) is 12.1 Å². The second-order valence-corrected chi connectivity index (χ2v) is 43.4. The van der Waals surface area contributed by atoms with Crippen molar-refractivity contribution in [3.05, 3.63) is 30.3 Å². The number of ether oxygens (including phenoxy) is 8. The first kappa shape index (κ1) is 98.1. The van der Waals surface area contributed by atoms with Crippen LogP contribution in [0, 0.1) is 11.8 Å². The summed E-state index contributed by atoms with van der Waals surface area (Å²) in [4.78, 5) is 56.4. The predicted molar refractivity (Wildman–Crippen MR) is 387 cm³/mol. The number of aliphatic hydroxyl groups excluding tert-OH is 3. The van der Waals surface area contributed by atoms with E-state index in [1.54, 1.807) is 27.7 Å². The van der Waals surface area contributed by atoms with Crippen LogP contribution >= 0.6 is 0 Å². The minimum atomic E-state index is -4.09. The van der Waals surface area contributed by atoms with Crippen LogP contribution in [0.25, 0.3) is 0 Å². The van der Waals surface area contributed by atoms with Gasteiger partial charge in [-0.25, -0.2) is 0 Å². The van der Waals surface area contributed by atoms with E-state index in [0.717, 1.165) is 57.8 Å². The summed E-state index contributed by atoms with van der Waals surface area (Å²) in [7, 11) is -10.7. The summed E-state index contributed by atoms with van der Waals surface area (Å²) in [5.74, 6) is -0.883. The molecule has 3 rings (SSSR count). The standard InChI is InChI=1S/C67H130N6O19Si4.CH4.W.Y/c1-16-85-63(76)40-61(65(78)87-18-3)72(9)56-31-27-54(28-32-56)39-55-29-33-57(34-30-55)73(62(66(79)88-19-4)41-64(77)86-17-2)43-59(75)49-82-36-23-37-93(10,11)90-95(14,15)92-96(60-25-21-20-22-26-60,89-67(80)71-53(8)47-84-45-51(6)69)91-94(12,13)38-24-35-81-48-58(74)42-70-52(7)46-83-44-50(5)68;;;/h20-22,25-26,50-59,61-62,67,70-71,74-75,80H,16-19,23-24,27-49,68-69H2,1-15H3;1H4;;. The fraction of sp³-hybridized carbons (Fsp3) is 0.853. The third-order valence-electron chi connectivity index (χ3n) is 17.2. The number of benzene rings is 1. The maximum atomic E-state index is 13.8. The number of carbonyl (C=O) groups excluding carboxylic acids is 4. The number of carbonyl (C=O) groups is 4. The molecule has 1 aromatic carbocycles. The third kappa shape index (κ3) is 40.6. The number of esters is 4. The minimum Gasteiger partial charge on any atom is -0.466 e. The number of aliphatic hydroxyl groups is 3. The first-order valence-corrected chi connectivity index (χ1v) is 46.4. The van der Waals surface area contributed by atoms with Gasteiger partial charge >= 0.3 is 41.2 Å². The van der Waals surface area contributed by atoms with Gasteiger partial charge in [0.2, 0.25) is 6.41 Å². The monoisotopic (exact) mass is 1720 g/mol. The number of hydrogen-bond acceptors (Lipinski definition) is 25. The van der Waals surface area contributed by atoms with Gasteiger partial charge in [-0.15, -0.1) is 0 Å². The molecule has 99 heavy (non-hydrogen) atoms. The summed E-state index contributed by atoms with van der Waals surface area (Å²) in [5.41, 5.74) is 11.7.